The number of unbranched alkanes of at least 4 members (excludes halogenated alkanes) is 8. The van der Waals surface area contributed by atoms with Crippen LogP contribution in [0.2, 0.25) is 12.1 Å². The maximum absolute atomic E-state index is 10.0. The largest absolute Gasteiger partial charge is 0.499 e. The molecule has 1 aromatic rings. The Morgan fingerprint density at radius 1 is 0.753 bits per heavy atom. The van der Waals surface area contributed by atoms with E-state index in [4.69, 9.17) is 57.0 Å². The van der Waals surface area contributed by atoms with E-state index in [1.54, 1.807) is 12.3 Å². The predicted molar refractivity (Wildman–Crippen MR) is 300 cm³/mol. The maximum atomic E-state index is 10.0. The molecule has 427 valence electrons. The van der Waals surface area contributed by atoms with Crippen molar-refractivity contribution in [2.75, 3.05) is 85.8 Å². The van der Waals surface area contributed by atoms with Gasteiger partial charge in [-0.3, -0.25) is 14.8 Å². The van der Waals surface area contributed by atoms with E-state index in [1.807, 2.05) is 20.8 Å². The van der Waals surface area contributed by atoms with Crippen molar-refractivity contribution in [2.45, 2.75) is 180 Å². The molecule has 1 radical (unpaired) electrons. The number of epoxide rings is 3. The van der Waals surface area contributed by atoms with Crippen molar-refractivity contribution in [2.24, 2.45) is 9.98 Å². The summed E-state index contributed by atoms with van der Waals surface area (Å²) in [6, 6.07) is 8.71. The number of aliphatic imine (C=N–C) groups is 2. The number of carboxylic acids is 1. The SMILES string of the molecule is C=CCOCC1CO1.CCCCCCCC(=O)O.CCCCCCCC(O)O.CCO[SiH](OCC)OCC.[Co].[SiH3]CC=COCC1CO1.[SiH3]CCCOCC1CO1.c1cc(C2=NCCC2)nc(C2=NCCC2)c1. The third-order valence-corrected chi connectivity index (χ3v) is 13.5. The number of nitrogens with zero attached hydrogens (tertiary/aromatic N) is 3. The Hall–Kier alpha value is -2.00. The van der Waals surface area contributed by atoms with Crippen LogP contribution in [0, 0.1) is 0 Å². The molecule has 0 spiro atoms. The number of hydrogen-bond donors (Lipinski definition) is 3. The molecule has 20 heteroatoms. The van der Waals surface area contributed by atoms with Crippen LogP contribution < -0.4 is 0 Å². The van der Waals surface area contributed by atoms with Crippen LogP contribution in [0.5, 0.6) is 0 Å². The average molecular weight is 1130 g/mol. The molecular weight excluding hydrogens is 1030 g/mol. The number of pyridine rings is 1. The molecule has 5 aliphatic heterocycles. The van der Waals surface area contributed by atoms with E-state index < -0.39 is 21.8 Å². The minimum Gasteiger partial charge on any atom is -0.499 e. The summed E-state index contributed by atoms with van der Waals surface area (Å²) in [6.07, 6.45) is 23.6. The van der Waals surface area contributed by atoms with E-state index in [1.165, 1.54) is 102 Å². The van der Waals surface area contributed by atoms with E-state index in [0.29, 0.717) is 57.6 Å². The predicted octanol–water partition coefficient (Wildman–Crippen LogP) is 7.01. The first-order valence-electron chi connectivity index (χ1n) is 27.5. The van der Waals surface area contributed by atoms with Gasteiger partial charge in [-0.1, -0.05) is 89.5 Å². The Bertz CT molecular complexity index is 1440. The van der Waals surface area contributed by atoms with Gasteiger partial charge in [0.1, 0.15) is 24.9 Å². The second-order valence-electron chi connectivity index (χ2n) is 17.4. The fourth-order valence-corrected chi connectivity index (χ4v) is 7.77. The number of allylic oxidation sites excluding steroid dienone is 1. The standard InChI is InChI=1S/C13H15N3.C8H18O2.C8H16O2.C6H16O3Si.C6H14O2Si.C6H12O2Si.C6H10O2.Co/c1-4-12(10-6-2-8-14-10)16-13(5-1)11-7-3-9-15-11;2*1-2-3-4-5-6-7-8(9)10;1-4-7-10(8-5-2)9-6-3;2*9-3-1-2-7-4-6-5-8-6;1-2-3-7-4-6-5-8-6;/h1,4-5H,2-3,6-9H2;8-10H,2-7H2,1H3;2-7H2,1H3,(H,9,10);10H,4-6H2,1-3H3;6H,1-5H2,9H3;1-2,6H,3-5H2,9H3;2,6H,1,3-5H2;. The van der Waals surface area contributed by atoms with E-state index >= 15 is 0 Å². The van der Waals surface area contributed by atoms with Crippen molar-refractivity contribution in [3.63, 3.8) is 0 Å². The molecule has 6 rings (SSSR count). The van der Waals surface area contributed by atoms with Crippen LogP contribution in [0.1, 0.15) is 155 Å². The molecule has 3 saturated heterocycles. The molecule has 73 heavy (non-hydrogen) atoms. The van der Waals surface area contributed by atoms with Gasteiger partial charge in [0.2, 0.25) is 0 Å². The third-order valence-electron chi connectivity index (χ3n) is 10.5. The van der Waals surface area contributed by atoms with Crippen LogP contribution >= 0.6 is 0 Å². The number of carboxylic acid groups (broad SMARTS) is 1. The second kappa shape index (κ2) is 54.8. The Morgan fingerprint density at radius 3 is 1.66 bits per heavy atom. The zero-order valence-electron chi connectivity index (χ0n) is 46.3. The van der Waals surface area contributed by atoms with Crippen molar-refractivity contribution < 1.29 is 78.6 Å². The molecule has 5 aliphatic rings. The summed E-state index contributed by atoms with van der Waals surface area (Å²) >= 11 is 0. The van der Waals surface area contributed by atoms with Gasteiger partial charge in [0.25, 0.3) is 0 Å². The first-order valence-corrected chi connectivity index (χ1v) is 31.7. The van der Waals surface area contributed by atoms with E-state index in [0.717, 1.165) is 109 Å². The molecule has 6 heterocycles. The first-order chi connectivity index (χ1) is 35.1. The van der Waals surface area contributed by atoms with Crippen molar-refractivity contribution >= 4 is 47.4 Å². The Balaban J connectivity index is 0. The number of carbonyl (C=O) groups is 1. The first kappa shape index (κ1) is 73.1. The van der Waals surface area contributed by atoms with Crippen LogP contribution in [-0.2, 0) is 63.3 Å². The normalized spacial score (nSPS) is 17.5. The molecule has 0 saturated carbocycles. The molecule has 3 unspecified atom stereocenters. The summed E-state index contributed by atoms with van der Waals surface area (Å²) in [5, 5.41) is 25.2. The topological polar surface area (TPSA) is 208 Å². The minimum absolute atomic E-state index is 0. The maximum Gasteiger partial charge on any atom is 0.484 e. The quantitative estimate of drug-likeness (QED) is 0.0162. The van der Waals surface area contributed by atoms with Gasteiger partial charge in [0.15, 0.2) is 6.29 Å². The van der Waals surface area contributed by atoms with Crippen LogP contribution in [-0.4, -0.2) is 178 Å². The fourth-order valence-electron chi connectivity index (χ4n) is 6.18. The number of aliphatic carboxylic acids is 1. The fraction of sp³-hybridized carbons (Fsp3) is 0.774. The van der Waals surface area contributed by atoms with Crippen LogP contribution in [0.15, 0.2) is 53.2 Å². The Morgan fingerprint density at radius 2 is 1.25 bits per heavy atom. The van der Waals surface area contributed by atoms with Gasteiger partial charge in [0, 0.05) is 83.2 Å². The molecule has 3 atom stereocenters. The molecule has 1 aromatic heterocycles. The van der Waals surface area contributed by atoms with Crippen molar-refractivity contribution in [3.05, 3.63) is 54.6 Å². The molecule has 0 aliphatic carbocycles. The van der Waals surface area contributed by atoms with Gasteiger partial charge in [-0.05, 0) is 90.3 Å². The van der Waals surface area contributed by atoms with Gasteiger partial charge >= 0.3 is 15.5 Å². The third kappa shape index (κ3) is 51.9. The van der Waals surface area contributed by atoms with Crippen molar-refractivity contribution in [1.29, 1.82) is 0 Å². The molecular formula is C53H101CoN3O13Si3. The summed E-state index contributed by atoms with van der Waals surface area (Å²) in [6.45, 7) is 24.1. The van der Waals surface area contributed by atoms with Gasteiger partial charge in [-0.25, -0.2) is 4.98 Å². The van der Waals surface area contributed by atoms with Crippen LogP contribution in [0.4, 0.5) is 0 Å². The minimum atomic E-state index is -1.73. The van der Waals surface area contributed by atoms with Crippen molar-refractivity contribution in [1.82, 2.24) is 4.98 Å². The summed E-state index contributed by atoms with van der Waals surface area (Å²) in [5.41, 5.74) is 4.43. The number of aliphatic hydroxyl groups is 2. The van der Waals surface area contributed by atoms with Crippen molar-refractivity contribution in [3.8, 4) is 0 Å². The number of ether oxygens (including phenoxy) is 6. The number of aromatic nitrogens is 1. The number of hydrogen-bond acceptors (Lipinski definition) is 15. The van der Waals surface area contributed by atoms with Gasteiger partial charge in [0.05, 0.1) is 68.7 Å². The van der Waals surface area contributed by atoms with Crippen LogP contribution in [0.3, 0.4) is 0 Å². The summed E-state index contributed by atoms with van der Waals surface area (Å²) in [5.74, 6) is -0.670. The van der Waals surface area contributed by atoms with E-state index in [9.17, 15) is 4.79 Å². The monoisotopic (exact) mass is 1130 g/mol. The smallest absolute Gasteiger partial charge is 0.484 e. The Kier molecular flexibility index (Phi) is 54.8. The second-order valence-corrected chi connectivity index (χ2v) is 20.8. The number of rotatable bonds is 33. The molecule has 0 bridgehead atoms. The van der Waals surface area contributed by atoms with E-state index in [-0.39, 0.29) is 16.8 Å². The molecule has 0 amide bonds. The van der Waals surface area contributed by atoms with E-state index in [2.05, 4.69) is 59.7 Å². The summed E-state index contributed by atoms with van der Waals surface area (Å²) < 4.78 is 45.9. The average Bonchev–Trinajstić information content (AvgIpc) is 4.36. The molecule has 16 nitrogen and oxygen atoms in total. The Labute approximate surface area is 459 Å². The molecule has 3 N–H and O–H groups in total. The molecule has 3 fully saturated rings. The number of aliphatic hydroxyl groups excluding tert-OH is 1. The van der Waals surface area contributed by atoms with Crippen LogP contribution in [0.25, 0.3) is 0 Å². The molecule has 0 aromatic carbocycles. The van der Waals surface area contributed by atoms with Gasteiger partial charge in [-0.2, -0.15) is 0 Å². The van der Waals surface area contributed by atoms with Gasteiger partial charge in [-0.15, -0.1) is 6.58 Å². The van der Waals surface area contributed by atoms with Gasteiger partial charge < -0.3 is 57.0 Å². The summed E-state index contributed by atoms with van der Waals surface area (Å²) in [7, 11) is 0.792. The zero-order valence-corrected chi connectivity index (χ0v) is 52.5. The zero-order chi connectivity index (χ0) is 53.1. The summed E-state index contributed by atoms with van der Waals surface area (Å²) in [4.78, 5) is 23.7.